The minimum absolute atomic E-state index is 0.0709. The molecule has 0 amide bonds. The van der Waals surface area contributed by atoms with E-state index in [0.717, 1.165) is 10.3 Å². The van der Waals surface area contributed by atoms with Gasteiger partial charge in [-0.15, -0.1) is 0 Å². The Morgan fingerprint density at radius 2 is 2.00 bits per heavy atom. The van der Waals surface area contributed by atoms with Gasteiger partial charge < -0.3 is 10.1 Å². The van der Waals surface area contributed by atoms with E-state index in [1.807, 2.05) is 18.2 Å². The zero-order valence-corrected chi connectivity index (χ0v) is 12.3. The Morgan fingerprint density at radius 1 is 1.19 bits per heavy atom. The summed E-state index contributed by atoms with van der Waals surface area (Å²) in [5.41, 5.74) is 1.48. The second-order valence-electron chi connectivity index (χ2n) is 4.09. The van der Waals surface area contributed by atoms with Crippen molar-refractivity contribution in [3.8, 4) is 5.88 Å². The largest absolute Gasteiger partial charge is 0.468 e. The molecule has 8 heteroatoms. The Balaban J connectivity index is 1.87. The molecule has 0 saturated heterocycles. The van der Waals surface area contributed by atoms with E-state index < -0.39 is 12.8 Å². The highest BCUT2D eigenvalue weighted by Gasteiger charge is 2.28. The molecule has 0 atom stereocenters. The number of anilines is 1. The van der Waals surface area contributed by atoms with Crippen LogP contribution in [0.15, 0.2) is 41.1 Å². The highest BCUT2D eigenvalue weighted by molar-refractivity contribution is 9.10. The number of pyridine rings is 2. The molecule has 0 aliphatic carbocycles. The van der Waals surface area contributed by atoms with Crippen LogP contribution >= 0.6 is 15.9 Å². The monoisotopic (exact) mass is 361 g/mol. The van der Waals surface area contributed by atoms with Crippen molar-refractivity contribution in [3.05, 3.63) is 46.8 Å². The smallest absolute Gasteiger partial charge is 0.422 e. The predicted octanol–water partition coefficient (Wildman–Crippen LogP) is 3.79. The average Bonchev–Trinajstić information content (AvgIpc) is 2.43. The van der Waals surface area contributed by atoms with Crippen molar-refractivity contribution >= 4 is 21.6 Å². The first-order chi connectivity index (χ1) is 9.92. The Kier molecular flexibility index (Phi) is 5.00. The summed E-state index contributed by atoms with van der Waals surface area (Å²) in [6, 6.07) is 8.50. The van der Waals surface area contributed by atoms with Crippen LogP contribution in [-0.2, 0) is 6.54 Å². The van der Waals surface area contributed by atoms with Crippen molar-refractivity contribution in [3.63, 3.8) is 0 Å². The maximum atomic E-state index is 12.0. The van der Waals surface area contributed by atoms with Crippen molar-refractivity contribution < 1.29 is 17.9 Å². The molecular weight excluding hydrogens is 351 g/mol. The molecule has 4 nitrogen and oxygen atoms in total. The second-order valence-corrected chi connectivity index (χ2v) is 4.91. The van der Waals surface area contributed by atoms with Crippen LogP contribution in [0.5, 0.6) is 5.88 Å². The van der Waals surface area contributed by atoms with Gasteiger partial charge >= 0.3 is 6.18 Å². The molecule has 0 fully saturated rings. The fraction of sp³-hybridized carbons (Fsp3) is 0.231. The second kappa shape index (κ2) is 6.75. The molecule has 21 heavy (non-hydrogen) atoms. The zero-order valence-electron chi connectivity index (χ0n) is 10.7. The quantitative estimate of drug-likeness (QED) is 0.823. The van der Waals surface area contributed by atoms with Crippen LogP contribution in [0.25, 0.3) is 0 Å². The summed E-state index contributed by atoms with van der Waals surface area (Å²) in [6.45, 7) is -0.876. The Labute approximate surface area is 127 Å². The fourth-order valence-corrected chi connectivity index (χ4v) is 1.85. The lowest BCUT2D eigenvalue weighted by Gasteiger charge is -2.09. The number of alkyl halides is 3. The van der Waals surface area contributed by atoms with Crippen molar-refractivity contribution in [2.24, 2.45) is 0 Å². The van der Waals surface area contributed by atoms with Crippen LogP contribution in [0.4, 0.5) is 18.9 Å². The molecule has 0 spiro atoms. The molecule has 0 radical (unpaired) electrons. The summed E-state index contributed by atoms with van der Waals surface area (Å²) in [7, 11) is 0. The minimum Gasteiger partial charge on any atom is -0.468 e. The summed E-state index contributed by atoms with van der Waals surface area (Å²) in [4.78, 5) is 8.04. The van der Waals surface area contributed by atoms with E-state index >= 15 is 0 Å². The van der Waals surface area contributed by atoms with E-state index in [0.29, 0.717) is 12.2 Å². The van der Waals surface area contributed by atoms with Crippen molar-refractivity contribution in [1.82, 2.24) is 9.97 Å². The molecule has 2 rings (SSSR count). The highest BCUT2D eigenvalue weighted by atomic mass is 79.9. The molecule has 2 heterocycles. The molecule has 0 aromatic carbocycles. The third-order valence-corrected chi connectivity index (χ3v) is 2.81. The Hall–Kier alpha value is -1.83. The number of nitrogens with zero attached hydrogens (tertiary/aromatic N) is 2. The summed E-state index contributed by atoms with van der Waals surface area (Å²) in [5, 5.41) is 3.06. The van der Waals surface area contributed by atoms with Gasteiger partial charge in [0, 0.05) is 6.07 Å². The lowest BCUT2D eigenvalue weighted by Crippen LogP contribution is -2.19. The van der Waals surface area contributed by atoms with Crippen molar-refractivity contribution in [2.45, 2.75) is 12.7 Å². The topological polar surface area (TPSA) is 47.0 Å². The zero-order chi connectivity index (χ0) is 15.3. The lowest BCUT2D eigenvalue weighted by atomic mass is 10.3. The lowest BCUT2D eigenvalue weighted by molar-refractivity contribution is -0.154. The average molecular weight is 362 g/mol. The van der Waals surface area contributed by atoms with Gasteiger partial charge in [0.25, 0.3) is 0 Å². The van der Waals surface area contributed by atoms with Crippen LogP contribution in [0, 0.1) is 0 Å². The third-order valence-electron chi connectivity index (χ3n) is 2.37. The number of aromatic nitrogens is 2. The maximum Gasteiger partial charge on any atom is 0.422 e. The van der Waals surface area contributed by atoms with Gasteiger partial charge in [-0.3, -0.25) is 0 Å². The van der Waals surface area contributed by atoms with Gasteiger partial charge in [0.15, 0.2) is 6.61 Å². The molecule has 0 unspecified atom stereocenters. The normalized spacial score (nSPS) is 11.2. The molecule has 112 valence electrons. The van der Waals surface area contributed by atoms with Gasteiger partial charge in [0.2, 0.25) is 5.88 Å². The van der Waals surface area contributed by atoms with Gasteiger partial charge in [-0.1, -0.05) is 6.07 Å². The number of hydrogen-bond acceptors (Lipinski definition) is 4. The van der Waals surface area contributed by atoms with E-state index in [9.17, 15) is 13.2 Å². The first-order valence-electron chi connectivity index (χ1n) is 5.93. The van der Waals surface area contributed by atoms with E-state index in [-0.39, 0.29) is 5.88 Å². The van der Waals surface area contributed by atoms with Crippen molar-refractivity contribution in [2.75, 3.05) is 11.9 Å². The summed E-state index contributed by atoms with van der Waals surface area (Å²) < 4.78 is 41.2. The van der Waals surface area contributed by atoms with Gasteiger partial charge in [-0.2, -0.15) is 13.2 Å². The highest BCUT2D eigenvalue weighted by Crippen LogP contribution is 2.18. The molecular formula is C13H11BrF3N3O. The van der Waals surface area contributed by atoms with Crippen molar-refractivity contribution in [1.29, 1.82) is 0 Å². The summed E-state index contributed by atoms with van der Waals surface area (Å²) in [6.07, 6.45) is -2.96. The molecule has 0 aliphatic heterocycles. The molecule has 0 bridgehead atoms. The van der Waals surface area contributed by atoms with Crippen LogP contribution < -0.4 is 10.1 Å². The van der Waals surface area contributed by atoms with Gasteiger partial charge in [0.05, 0.1) is 24.1 Å². The number of nitrogens with one attached hydrogen (secondary N) is 1. The van der Waals surface area contributed by atoms with E-state index in [1.165, 1.54) is 12.3 Å². The molecule has 2 aromatic rings. The Morgan fingerprint density at radius 3 is 2.62 bits per heavy atom. The van der Waals surface area contributed by atoms with Gasteiger partial charge in [-0.25, -0.2) is 9.97 Å². The predicted molar refractivity (Wildman–Crippen MR) is 75.1 cm³/mol. The molecule has 1 N–H and O–H groups in total. The van der Waals surface area contributed by atoms with E-state index in [2.05, 4.69) is 36.0 Å². The summed E-state index contributed by atoms with van der Waals surface area (Å²) in [5.74, 6) is -0.0709. The first kappa shape index (κ1) is 15.6. The number of halogens is 4. The molecule has 2 aromatic heterocycles. The number of hydrogen-bond donors (Lipinski definition) is 1. The SMILES string of the molecule is FC(F)(F)COc1ccc(NCc2cccc(Br)n2)cn1. The first-order valence-corrected chi connectivity index (χ1v) is 6.72. The van der Waals surface area contributed by atoms with Crippen LogP contribution in [-0.4, -0.2) is 22.8 Å². The van der Waals surface area contributed by atoms with Crippen LogP contribution in [0.3, 0.4) is 0 Å². The third kappa shape index (κ3) is 5.58. The fourth-order valence-electron chi connectivity index (χ4n) is 1.47. The Bertz CT molecular complexity index is 590. The van der Waals surface area contributed by atoms with E-state index in [4.69, 9.17) is 0 Å². The number of ether oxygens (including phenoxy) is 1. The van der Waals surface area contributed by atoms with Crippen LogP contribution in [0.2, 0.25) is 0 Å². The standard InChI is InChI=1S/C13H11BrF3N3O/c14-11-3-1-2-10(20-11)7-18-9-4-5-12(19-6-9)21-8-13(15,16)17/h1-6,18H,7-8H2. The van der Waals surface area contributed by atoms with Crippen LogP contribution in [0.1, 0.15) is 5.69 Å². The maximum absolute atomic E-state index is 12.0. The number of rotatable bonds is 5. The van der Waals surface area contributed by atoms with Gasteiger partial charge in [0.1, 0.15) is 4.60 Å². The minimum atomic E-state index is -4.37. The molecule has 0 aliphatic rings. The summed E-state index contributed by atoms with van der Waals surface area (Å²) >= 11 is 3.27. The van der Waals surface area contributed by atoms with E-state index in [1.54, 1.807) is 6.07 Å². The van der Waals surface area contributed by atoms with Gasteiger partial charge in [-0.05, 0) is 34.1 Å². The molecule has 0 saturated carbocycles.